The Hall–Kier alpha value is -0.940. The minimum Gasteiger partial charge on any atom is -0.396 e. The van der Waals surface area contributed by atoms with Crippen LogP contribution >= 0.6 is 11.6 Å². The van der Waals surface area contributed by atoms with Crippen LogP contribution < -0.4 is 5.73 Å². The third-order valence-electron chi connectivity index (χ3n) is 1.78. The van der Waals surface area contributed by atoms with E-state index in [0.717, 1.165) is 0 Å². The lowest BCUT2D eigenvalue weighted by molar-refractivity contribution is 0.157. The predicted molar refractivity (Wildman–Crippen MR) is 53.8 cm³/mol. The SMILES string of the molecule is CC(C)(CO)Cc1nnc(Cl)c(N)n1. The van der Waals surface area contributed by atoms with Crippen LogP contribution in [0.15, 0.2) is 0 Å². The van der Waals surface area contributed by atoms with Gasteiger partial charge in [0.05, 0.1) is 0 Å². The Balaban J connectivity index is 2.83. The maximum absolute atomic E-state index is 9.05. The Bertz CT molecular complexity index is 329. The molecule has 78 valence electrons. The number of nitrogens with two attached hydrogens (primary N) is 1. The van der Waals surface area contributed by atoms with Crippen molar-refractivity contribution in [3.63, 3.8) is 0 Å². The predicted octanol–water partition coefficient (Wildman–Crippen LogP) is 0.668. The lowest BCUT2D eigenvalue weighted by atomic mass is 9.90. The van der Waals surface area contributed by atoms with Gasteiger partial charge in [0.1, 0.15) is 0 Å². The van der Waals surface area contributed by atoms with Crippen molar-refractivity contribution in [2.75, 3.05) is 12.3 Å². The lowest BCUT2D eigenvalue weighted by Crippen LogP contribution is -2.21. The quantitative estimate of drug-likeness (QED) is 0.776. The fourth-order valence-electron chi connectivity index (χ4n) is 0.919. The summed E-state index contributed by atoms with van der Waals surface area (Å²) in [6, 6.07) is 0. The van der Waals surface area contributed by atoms with Crippen molar-refractivity contribution in [2.24, 2.45) is 5.41 Å². The van der Waals surface area contributed by atoms with E-state index in [1.807, 2.05) is 13.8 Å². The van der Waals surface area contributed by atoms with Gasteiger partial charge in [0.25, 0.3) is 0 Å². The number of rotatable bonds is 3. The smallest absolute Gasteiger partial charge is 0.193 e. The molecule has 0 atom stereocenters. The molecule has 0 aliphatic heterocycles. The largest absolute Gasteiger partial charge is 0.396 e. The van der Waals surface area contributed by atoms with Crippen molar-refractivity contribution < 1.29 is 5.11 Å². The molecule has 0 amide bonds. The molecule has 0 saturated carbocycles. The van der Waals surface area contributed by atoms with E-state index in [1.165, 1.54) is 0 Å². The molecule has 1 aromatic rings. The molecule has 1 heterocycles. The highest BCUT2D eigenvalue weighted by atomic mass is 35.5. The first kappa shape index (κ1) is 11.1. The summed E-state index contributed by atoms with van der Waals surface area (Å²) in [7, 11) is 0. The first-order valence-corrected chi connectivity index (χ1v) is 4.58. The molecule has 0 spiro atoms. The molecule has 1 aromatic heterocycles. The normalized spacial score (nSPS) is 11.7. The van der Waals surface area contributed by atoms with Crippen LogP contribution in [0.4, 0.5) is 5.82 Å². The summed E-state index contributed by atoms with van der Waals surface area (Å²) < 4.78 is 0. The topological polar surface area (TPSA) is 84.9 Å². The fraction of sp³-hybridized carbons (Fsp3) is 0.625. The Labute approximate surface area is 87.3 Å². The molecule has 0 fully saturated rings. The first-order valence-electron chi connectivity index (χ1n) is 4.20. The molecular formula is C8H13ClN4O. The van der Waals surface area contributed by atoms with Crippen LogP contribution in [0, 0.1) is 5.41 Å². The van der Waals surface area contributed by atoms with Crippen molar-refractivity contribution in [1.29, 1.82) is 0 Å². The summed E-state index contributed by atoms with van der Waals surface area (Å²) in [6.45, 7) is 3.86. The van der Waals surface area contributed by atoms with Crippen LogP contribution in [-0.4, -0.2) is 26.9 Å². The molecule has 0 saturated heterocycles. The number of aliphatic hydroxyl groups excluding tert-OH is 1. The summed E-state index contributed by atoms with van der Waals surface area (Å²) in [5, 5.41) is 16.6. The fourth-order valence-corrected chi connectivity index (χ4v) is 0.999. The highest BCUT2D eigenvalue weighted by molar-refractivity contribution is 6.31. The highest BCUT2D eigenvalue weighted by Crippen LogP contribution is 2.19. The van der Waals surface area contributed by atoms with Crippen molar-refractivity contribution >= 4 is 17.4 Å². The standard InChI is InChI=1S/C8H13ClN4O/c1-8(2,4-14)3-5-11-7(10)6(9)13-12-5/h14H,3-4H2,1-2H3,(H2,10,11,12). The zero-order chi connectivity index (χ0) is 10.8. The van der Waals surface area contributed by atoms with Gasteiger partial charge in [0, 0.05) is 13.0 Å². The van der Waals surface area contributed by atoms with E-state index in [2.05, 4.69) is 15.2 Å². The average molecular weight is 217 g/mol. The Kier molecular flexibility index (Phi) is 3.23. The molecule has 0 aromatic carbocycles. The molecule has 3 N–H and O–H groups in total. The molecule has 1 rings (SSSR count). The van der Waals surface area contributed by atoms with E-state index in [4.69, 9.17) is 22.4 Å². The summed E-state index contributed by atoms with van der Waals surface area (Å²) in [4.78, 5) is 3.97. The highest BCUT2D eigenvalue weighted by Gasteiger charge is 2.19. The van der Waals surface area contributed by atoms with E-state index >= 15 is 0 Å². The van der Waals surface area contributed by atoms with Crippen LogP contribution in [0.1, 0.15) is 19.7 Å². The second kappa shape index (κ2) is 4.06. The maximum Gasteiger partial charge on any atom is 0.193 e. The first-order chi connectivity index (χ1) is 6.44. The van der Waals surface area contributed by atoms with Gasteiger partial charge in [0.15, 0.2) is 16.8 Å². The molecule has 14 heavy (non-hydrogen) atoms. The van der Waals surface area contributed by atoms with Gasteiger partial charge in [-0.3, -0.25) is 0 Å². The molecule has 0 unspecified atom stereocenters. The molecule has 0 aliphatic rings. The van der Waals surface area contributed by atoms with Gasteiger partial charge in [-0.15, -0.1) is 10.2 Å². The second-order valence-electron chi connectivity index (χ2n) is 3.90. The van der Waals surface area contributed by atoms with Gasteiger partial charge in [-0.05, 0) is 5.41 Å². The van der Waals surface area contributed by atoms with Crippen LogP contribution in [0.5, 0.6) is 0 Å². The van der Waals surface area contributed by atoms with Crippen LogP contribution in [-0.2, 0) is 6.42 Å². The zero-order valence-corrected chi connectivity index (χ0v) is 8.91. The number of hydrogen-bond acceptors (Lipinski definition) is 5. The van der Waals surface area contributed by atoms with E-state index < -0.39 is 0 Å². The van der Waals surface area contributed by atoms with Gasteiger partial charge < -0.3 is 10.8 Å². The number of aliphatic hydroxyl groups is 1. The Morgan fingerprint density at radius 2 is 2.07 bits per heavy atom. The van der Waals surface area contributed by atoms with Crippen molar-refractivity contribution in [2.45, 2.75) is 20.3 Å². The zero-order valence-electron chi connectivity index (χ0n) is 8.16. The van der Waals surface area contributed by atoms with Gasteiger partial charge in [-0.2, -0.15) is 0 Å². The molecule has 5 nitrogen and oxygen atoms in total. The number of nitrogen functional groups attached to an aromatic ring is 1. The minimum atomic E-state index is -0.276. The minimum absolute atomic E-state index is 0.0545. The number of anilines is 1. The second-order valence-corrected chi connectivity index (χ2v) is 4.26. The third kappa shape index (κ3) is 2.78. The van der Waals surface area contributed by atoms with E-state index in [-0.39, 0.29) is 23.0 Å². The molecule has 0 radical (unpaired) electrons. The third-order valence-corrected chi connectivity index (χ3v) is 2.05. The number of halogens is 1. The monoisotopic (exact) mass is 216 g/mol. The van der Waals surface area contributed by atoms with Crippen molar-refractivity contribution in [1.82, 2.24) is 15.2 Å². The van der Waals surface area contributed by atoms with Crippen LogP contribution in [0.3, 0.4) is 0 Å². The molecule has 0 bridgehead atoms. The summed E-state index contributed by atoms with van der Waals surface area (Å²) in [6.07, 6.45) is 0.512. The molecule has 0 aliphatic carbocycles. The lowest BCUT2D eigenvalue weighted by Gasteiger charge is -2.19. The van der Waals surface area contributed by atoms with Crippen LogP contribution in [0.25, 0.3) is 0 Å². The van der Waals surface area contributed by atoms with Crippen LogP contribution in [0.2, 0.25) is 5.15 Å². The van der Waals surface area contributed by atoms with E-state index in [0.29, 0.717) is 12.2 Å². The molecular weight excluding hydrogens is 204 g/mol. The number of aromatic nitrogens is 3. The Morgan fingerprint density at radius 1 is 1.43 bits per heavy atom. The summed E-state index contributed by atoms with van der Waals surface area (Å²) in [5.41, 5.74) is 5.20. The van der Waals surface area contributed by atoms with Crippen molar-refractivity contribution in [3.05, 3.63) is 11.0 Å². The summed E-state index contributed by atoms with van der Waals surface area (Å²) in [5.74, 6) is 0.663. The molecule has 6 heteroatoms. The maximum atomic E-state index is 9.05. The van der Waals surface area contributed by atoms with E-state index in [1.54, 1.807) is 0 Å². The van der Waals surface area contributed by atoms with Crippen molar-refractivity contribution in [3.8, 4) is 0 Å². The number of hydrogen-bond donors (Lipinski definition) is 2. The van der Waals surface area contributed by atoms with Gasteiger partial charge in [0.2, 0.25) is 0 Å². The van der Waals surface area contributed by atoms with Gasteiger partial charge in [-0.1, -0.05) is 25.4 Å². The Morgan fingerprint density at radius 3 is 2.57 bits per heavy atom. The van der Waals surface area contributed by atoms with Gasteiger partial charge >= 0.3 is 0 Å². The van der Waals surface area contributed by atoms with E-state index in [9.17, 15) is 0 Å². The number of nitrogens with zero attached hydrogens (tertiary/aromatic N) is 3. The summed E-state index contributed by atoms with van der Waals surface area (Å²) >= 11 is 5.58. The average Bonchev–Trinajstić information content (AvgIpc) is 2.11. The van der Waals surface area contributed by atoms with Gasteiger partial charge in [-0.25, -0.2) is 4.98 Å².